The molecular formula is C19H21FN4O. The minimum Gasteiger partial charge on any atom is -0.496 e. The van der Waals surface area contributed by atoms with Gasteiger partial charge in [-0.25, -0.2) is 9.38 Å². The molecule has 0 spiro atoms. The average molecular weight is 340 g/mol. The molecule has 0 aromatic heterocycles. The number of nitrogens with one attached hydrogen (secondary N) is 2. The molecule has 0 atom stereocenters. The summed E-state index contributed by atoms with van der Waals surface area (Å²) < 4.78 is 19.3. The molecule has 0 saturated heterocycles. The van der Waals surface area contributed by atoms with E-state index in [1.165, 1.54) is 6.07 Å². The molecule has 2 aromatic carbocycles. The zero-order valence-electron chi connectivity index (χ0n) is 14.3. The Labute approximate surface area is 147 Å². The van der Waals surface area contributed by atoms with Crippen LogP contribution in [0.5, 0.6) is 5.75 Å². The fourth-order valence-corrected chi connectivity index (χ4v) is 2.28. The molecule has 0 aliphatic rings. The van der Waals surface area contributed by atoms with Gasteiger partial charge >= 0.3 is 0 Å². The van der Waals surface area contributed by atoms with Gasteiger partial charge < -0.3 is 15.4 Å². The van der Waals surface area contributed by atoms with Crippen LogP contribution in [0.25, 0.3) is 0 Å². The molecule has 0 aliphatic carbocycles. The van der Waals surface area contributed by atoms with Gasteiger partial charge in [-0.3, -0.25) is 0 Å². The van der Waals surface area contributed by atoms with Gasteiger partial charge in [0.1, 0.15) is 11.6 Å². The van der Waals surface area contributed by atoms with Gasteiger partial charge in [0.05, 0.1) is 25.3 Å². The molecule has 2 N–H and O–H groups in total. The number of aliphatic imine (C=N–C) groups is 1. The van der Waals surface area contributed by atoms with Gasteiger partial charge in [0.25, 0.3) is 0 Å². The van der Waals surface area contributed by atoms with Gasteiger partial charge in [-0.05, 0) is 25.1 Å². The third kappa shape index (κ3) is 5.21. The van der Waals surface area contributed by atoms with Crippen molar-refractivity contribution in [1.29, 1.82) is 5.26 Å². The minimum absolute atomic E-state index is 0.273. The van der Waals surface area contributed by atoms with E-state index in [4.69, 9.17) is 10.00 Å². The lowest BCUT2D eigenvalue weighted by atomic mass is 10.1. The summed E-state index contributed by atoms with van der Waals surface area (Å²) in [7, 11) is 1.62. The van der Waals surface area contributed by atoms with Gasteiger partial charge in [0, 0.05) is 24.2 Å². The van der Waals surface area contributed by atoms with Crippen molar-refractivity contribution in [1.82, 2.24) is 10.6 Å². The molecular weight excluding hydrogens is 319 g/mol. The maximum atomic E-state index is 14.0. The first-order chi connectivity index (χ1) is 12.2. The number of nitrogens with zero attached hydrogens (tertiary/aromatic N) is 2. The second-order valence-corrected chi connectivity index (χ2v) is 5.28. The first kappa shape index (κ1) is 18.3. The lowest BCUT2D eigenvalue weighted by Crippen LogP contribution is -2.37. The number of hydrogen-bond donors (Lipinski definition) is 2. The highest BCUT2D eigenvalue weighted by molar-refractivity contribution is 5.79. The van der Waals surface area contributed by atoms with Gasteiger partial charge in [0.15, 0.2) is 5.96 Å². The fraction of sp³-hybridized carbons (Fsp3) is 0.263. The van der Waals surface area contributed by atoms with Crippen molar-refractivity contribution >= 4 is 5.96 Å². The van der Waals surface area contributed by atoms with Gasteiger partial charge in [-0.1, -0.05) is 24.3 Å². The molecule has 0 radical (unpaired) electrons. The molecule has 0 heterocycles. The normalized spacial score (nSPS) is 10.9. The molecule has 0 saturated carbocycles. The summed E-state index contributed by atoms with van der Waals surface area (Å²) in [6.07, 6.45) is 0. The lowest BCUT2D eigenvalue weighted by molar-refractivity contribution is 0.410. The Morgan fingerprint density at radius 3 is 2.68 bits per heavy atom. The van der Waals surface area contributed by atoms with Gasteiger partial charge in [0.2, 0.25) is 0 Å². The number of benzene rings is 2. The van der Waals surface area contributed by atoms with E-state index in [9.17, 15) is 4.39 Å². The summed E-state index contributed by atoms with van der Waals surface area (Å²) in [6, 6.07) is 14.0. The average Bonchev–Trinajstić information content (AvgIpc) is 2.64. The van der Waals surface area contributed by atoms with Crippen LogP contribution in [-0.4, -0.2) is 19.6 Å². The zero-order valence-corrected chi connectivity index (χ0v) is 14.3. The fourth-order valence-electron chi connectivity index (χ4n) is 2.28. The van der Waals surface area contributed by atoms with E-state index in [1.807, 2.05) is 37.3 Å². The minimum atomic E-state index is -0.410. The summed E-state index contributed by atoms with van der Waals surface area (Å²) >= 11 is 0. The monoisotopic (exact) mass is 340 g/mol. The van der Waals surface area contributed by atoms with Crippen LogP contribution < -0.4 is 15.4 Å². The smallest absolute Gasteiger partial charge is 0.191 e. The number of ether oxygens (including phenoxy) is 1. The highest BCUT2D eigenvalue weighted by Gasteiger charge is 2.06. The van der Waals surface area contributed by atoms with Crippen LogP contribution in [0.15, 0.2) is 47.5 Å². The molecule has 0 amide bonds. The molecule has 0 aliphatic heterocycles. The molecule has 2 rings (SSSR count). The number of para-hydroxylation sites is 1. The molecule has 2 aromatic rings. The summed E-state index contributed by atoms with van der Waals surface area (Å²) in [5, 5.41) is 15.0. The Morgan fingerprint density at radius 2 is 2.00 bits per heavy atom. The third-order valence-corrected chi connectivity index (χ3v) is 3.57. The molecule has 5 nitrogen and oxygen atoms in total. The lowest BCUT2D eigenvalue weighted by Gasteiger charge is -2.12. The largest absolute Gasteiger partial charge is 0.496 e. The van der Waals surface area contributed by atoms with E-state index in [2.05, 4.69) is 15.6 Å². The molecule has 130 valence electrons. The van der Waals surface area contributed by atoms with Crippen LogP contribution in [0, 0.1) is 17.1 Å². The molecule has 0 bridgehead atoms. The highest BCUT2D eigenvalue weighted by Crippen LogP contribution is 2.18. The second kappa shape index (κ2) is 9.28. The van der Waals surface area contributed by atoms with Crippen molar-refractivity contribution in [3.8, 4) is 11.8 Å². The summed E-state index contributed by atoms with van der Waals surface area (Å²) in [4.78, 5) is 4.51. The predicted molar refractivity (Wildman–Crippen MR) is 95.8 cm³/mol. The highest BCUT2D eigenvalue weighted by atomic mass is 19.1. The van der Waals surface area contributed by atoms with E-state index in [-0.39, 0.29) is 6.54 Å². The van der Waals surface area contributed by atoms with Crippen LogP contribution in [0.3, 0.4) is 0 Å². The molecule has 25 heavy (non-hydrogen) atoms. The standard InChI is InChI=1S/C19H21FN4O/c1-3-22-19(24-13-16-6-4-5-7-18(16)25-2)23-12-15-9-8-14(11-21)10-17(15)20/h4-10H,3,12-13H2,1-2H3,(H2,22,23,24). The quantitative estimate of drug-likeness (QED) is 0.627. The summed E-state index contributed by atoms with van der Waals surface area (Å²) in [5.74, 6) is 0.949. The van der Waals surface area contributed by atoms with Crippen molar-refractivity contribution in [3.63, 3.8) is 0 Å². The topological polar surface area (TPSA) is 69.4 Å². The van der Waals surface area contributed by atoms with E-state index >= 15 is 0 Å². The number of guanidine groups is 1. The van der Waals surface area contributed by atoms with Crippen LogP contribution in [-0.2, 0) is 13.1 Å². The maximum Gasteiger partial charge on any atom is 0.191 e. The van der Waals surface area contributed by atoms with Crippen LogP contribution in [0.1, 0.15) is 23.6 Å². The number of rotatable bonds is 6. The zero-order chi connectivity index (χ0) is 18.1. The van der Waals surface area contributed by atoms with Crippen molar-refractivity contribution in [2.45, 2.75) is 20.0 Å². The Morgan fingerprint density at radius 1 is 1.20 bits per heavy atom. The van der Waals surface area contributed by atoms with Crippen LogP contribution >= 0.6 is 0 Å². The molecule has 6 heteroatoms. The first-order valence-corrected chi connectivity index (χ1v) is 8.00. The van der Waals surface area contributed by atoms with E-state index in [1.54, 1.807) is 19.2 Å². The Bertz CT molecular complexity index is 783. The van der Waals surface area contributed by atoms with Crippen molar-refractivity contribution in [2.75, 3.05) is 13.7 Å². The summed E-state index contributed by atoms with van der Waals surface area (Å²) in [6.45, 7) is 3.36. The number of halogens is 1. The van der Waals surface area contributed by atoms with E-state index in [0.29, 0.717) is 30.2 Å². The first-order valence-electron chi connectivity index (χ1n) is 8.00. The number of hydrogen-bond acceptors (Lipinski definition) is 3. The number of methoxy groups -OCH3 is 1. The van der Waals surface area contributed by atoms with Crippen LogP contribution in [0.4, 0.5) is 4.39 Å². The Balaban J connectivity index is 2.06. The Hall–Kier alpha value is -3.07. The third-order valence-electron chi connectivity index (χ3n) is 3.57. The summed E-state index contributed by atoms with van der Waals surface area (Å²) in [5.41, 5.74) is 1.74. The van der Waals surface area contributed by atoms with Crippen molar-refractivity contribution in [3.05, 3.63) is 65.0 Å². The number of nitriles is 1. The van der Waals surface area contributed by atoms with Gasteiger partial charge in [-0.2, -0.15) is 5.26 Å². The SMILES string of the molecule is CCNC(=NCc1ccccc1OC)NCc1ccc(C#N)cc1F. The van der Waals surface area contributed by atoms with E-state index < -0.39 is 5.82 Å². The van der Waals surface area contributed by atoms with Crippen LogP contribution in [0.2, 0.25) is 0 Å². The maximum absolute atomic E-state index is 14.0. The van der Waals surface area contributed by atoms with Crippen molar-refractivity contribution in [2.24, 2.45) is 4.99 Å². The predicted octanol–water partition coefficient (Wildman–Crippen LogP) is 2.96. The Kier molecular flexibility index (Phi) is 6.78. The second-order valence-electron chi connectivity index (χ2n) is 5.28. The van der Waals surface area contributed by atoms with E-state index in [0.717, 1.165) is 11.3 Å². The molecule has 0 unspecified atom stereocenters. The van der Waals surface area contributed by atoms with Crippen molar-refractivity contribution < 1.29 is 9.13 Å². The molecule has 0 fully saturated rings. The van der Waals surface area contributed by atoms with Gasteiger partial charge in [-0.15, -0.1) is 0 Å².